The van der Waals surface area contributed by atoms with Crippen LogP contribution in [0.1, 0.15) is 29.1 Å². The maximum atomic E-state index is 12.1. The first-order valence-electron chi connectivity index (χ1n) is 8.82. The molecule has 0 spiro atoms. The molecule has 0 fully saturated rings. The van der Waals surface area contributed by atoms with Gasteiger partial charge >= 0.3 is 0 Å². The summed E-state index contributed by atoms with van der Waals surface area (Å²) in [5.41, 5.74) is 6.67. The molecule has 0 bridgehead atoms. The molecule has 150 valence electrons. The van der Waals surface area contributed by atoms with Crippen LogP contribution >= 0.6 is 11.6 Å². The number of carbonyl (C=O) groups excluding carboxylic acids is 2. The molecule has 0 aliphatic rings. The van der Waals surface area contributed by atoms with Gasteiger partial charge in [0.2, 0.25) is 23.5 Å². The SMILES string of the molecule is COc1ccc(-c2noc(CCCC(=O)Nc3ccc(Cl)c(C(N)=O)c3)n2)cc1. The van der Waals surface area contributed by atoms with Gasteiger partial charge in [-0.3, -0.25) is 9.59 Å². The van der Waals surface area contributed by atoms with Crippen LogP contribution in [0.4, 0.5) is 5.69 Å². The molecule has 0 atom stereocenters. The molecule has 3 aromatic rings. The van der Waals surface area contributed by atoms with E-state index in [1.807, 2.05) is 24.3 Å². The Morgan fingerprint density at radius 1 is 1.21 bits per heavy atom. The second-order valence-electron chi connectivity index (χ2n) is 6.20. The summed E-state index contributed by atoms with van der Waals surface area (Å²) >= 11 is 5.90. The number of amides is 2. The molecule has 3 N–H and O–H groups in total. The second kappa shape index (κ2) is 9.20. The van der Waals surface area contributed by atoms with Crippen molar-refractivity contribution in [1.82, 2.24) is 10.1 Å². The van der Waals surface area contributed by atoms with Crippen LogP contribution in [-0.4, -0.2) is 29.1 Å². The second-order valence-corrected chi connectivity index (χ2v) is 6.61. The Kier molecular flexibility index (Phi) is 6.46. The number of anilines is 1. The van der Waals surface area contributed by atoms with Gasteiger partial charge in [0.05, 0.1) is 17.7 Å². The highest BCUT2D eigenvalue weighted by Gasteiger charge is 2.12. The van der Waals surface area contributed by atoms with Crippen LogP contribution < -0.4 is 15.8 Å². The van der Waals surface area contributed by atoms with Crippen LogP contribution in [0.2, 0.25) is 5.02 Å². The third-order valence-corrected chi connectivity index (χ3v) is 4.46. The smallest absolute Gasteiger partial charge is 0.250 e. The van der Waals surface area contributed by atoms with Crippen molar-refractivity contribution in [2.45, 2.75) is 19.3 Å². The first kappa shape index (κ1) is 20.3. The summed E-state index contributed by atoms with van der Waals surface area (Å²) < 4.78 is 10.4. The highest BCUT2D eigenvalue weighted by molar-refractivity contribution is 6.34. The Morgan fingerprint density at radius 3 is 2.66 bits per heavy atom. The van der Waals surface area contributed by atoms with Crippen molar-refractivity contribution in [3.05, 3.63) is 58.9 Å². The summed E-state index contributed by atoms with van der Waals surface area (Å²) in [4.78, 5) is 27.8. The molecule has 29 heavy (non-hydrogen) atoms. The van der Waals surface area contributed by atoms with Crippen LogP contribution in [0.5, 0.6) is 5.75 Å². The molecule has 9 heteroatoms. The number of ether oxygens (including phenoxy) is 1. The van der Waals surface area contributed by atoms with Gasteiger partial charge in [-0.25, -0.2) is 0 Å². The van der Waals surface area contributed by atoms with Crippen LogP contribution in [0.3, 0.4) is 0 Å². The molecule has 0 saturated carbocycles. The molecule has 3 rings (SSSR count). The maximum Gasteiger partial charge on any atom is 0.250 e. The molecular weight excluding hydrogens is 396 g/mol. The van der Waals surface area contributed by atoms with E-state index in [1.165, 1.54) is 12.1 Å². The van der Waals surface area contributed by atoms with E-state index in [4.69, 9.17) is 26.6 Å². The number of rotatable bonds is 8. The van der Waals surface area contributed by atoms with Crippen molar-refractivity contribution < 1.29 is 18.8 Å². The molecule has 0 aliphatic carbocycles. The van der Waals surface area contributed by atoms with Crippen molar-refractivity contribution in [1.29, 1.82) is 0 Å². The van der Waals surface area contributed by atoms with Gasteiger partial charge in [0, 0.05) is 24.1 Å². The zero-order chi connectivity index (χ0) is 20.8. The van der Waals surface area contributed by atoms with E-state index >= 15 is 0 Å². The predicted octanol–water partition coefficient (Wildman–Crippen LogP) is 3.46. The van der Waals surface area contributed by atoms with E-state index in [0.29, 0.717) is 30.2 Å². The van der Waals surface area contributed by atoms with Crippen molar-refractivity contribution >= 4 is 29.1 Å². The zero-order valence-electron chi connectivity index (χ0n) is 15.6. The van der Waals surface area contributed by atoms with Crippen LogP contribution in [0.25, 0.3) is 11.4 Å². The first-order valence-corrected chi connectivity index (χ1v) is 9.20. The topological polar surface area (TPSA) is 120 Å². The average molecular weight is 415 g/mol. The number of primary amides is 1. The molecule has 0 unspecified atom stereocenters. The normalized spacial score (nSPS) is 10.6. The number of nitrogens with zero attached hydrogens (tertiary/aromatic N) is 2. The number of hydrogen-bond acceptors (Lipinski definition) is 6. The third-order valence-electron chi connectivity index (χ3n) is 4.13. The predicted molar refractivity (Wildman–Crippen MR) is 108 cm³/mol. The quantitative estimate of drug-likeness (QED) is 0.582. The van der Waals surface area contributed by atoms with E-state index in [-0.39, 0.29) is 22.9 Å². The lowest BCUT2D eigenvalue weighted by Crippen LogP contribution is -2.14. The van der Waals surface area contributed by atoms with E-state index in [0.717, 1.165) is 11.3 Å². The van der Waals surface area contributed by atoms with E-state index < -0.39 is 5.91 Å². The number of nitrogens with two attached hydrogens (primary N) is 1. The number of nitrogens with one attached hydrogen (secondary N) is 1. The Bertz CT molecular complexity index is 1020. The fraction of sp³-hybridized carbons (Fsp3) is 0.200. The van der Waals surface area contributed by atoms with Gasteiger partial charge in [0.1, 0.15) is 5.75 Å². The van der Waals surface area contributed by atoms with E-state index in [2.05, 4.69) is 15.5 Å². The Labute approximate surface area is 172 Å². The van der Waals surface area contributed by atoms with Crippen molar-refractivity contribution in [2.24, 2.45) is 5.73 Å². The summed E-state index contributed by atoms with van der Waals surface area (Å²) in [5, 5.41) is 6.90. The average Bonchev–Trinajstić information content (AvgIpc) is 3.18. The Hall–Kier alpha value is -3.39. The molecule has 1 aromatic heterocycles. The van der Waals surface area contributed by atoms with E-state index in [9.17, 15) is 9.59 Å². The number of hydrogen-bond donors (Lipinski definition) is 2. The standard InChI is InChI=1S/C20H19ClN4O4/c1-28-14-8-5-12(6-9-14)20-24-18(29-25-20)4-2-3-17(26)23-13-7-10-16(21)15(11-13)19(22)27/h5-11H,2-4H2,1H3,(H2,22,27)(H,23,26). The highest BCUT2D eigenvalue weighted by Crippen LogP contribution is 2.21. The summed E-state index contributed by atoms with van der Waals surface area (Å²) in [6, 6.07) is 11.9. The number of aryl methyl sites for hydroxylation is 1. The van der Waals surface area contributed by atoms with Gasteiger partial charge in [-0.2, -0.15) is 4.98 Å². The van der Waals surface area contributed by atoms with Gasteiger partial charge in [0.15, 0.2) is 0 Å². The summed E-state index contributed by atoms with van der Waals surface area (Å²) in [6.45, 7) is 0. The summed E-state index contributed by atoms with van der Waals surface area (Å²) in [5.74, 6) is 0.804. The van der Waals surface area contributed by atoms with Gasteiger partial charge in [0.25, 0.3) is 0 Å². The zero-order valence-corrected chi connectivity index (χ0v) is 16.4. The lowest BCUT2D eigenvalue weighted by atomic mass is 10.1. The Morgan fingerprint density at radius 2 is 1.97 bits per heavy atom. The highest BCUT2D eigenvalue weighted by atomic mass is 35.5. The van der Waals surface area contributed by atoms with Crippen molar-refractivity contribution in [2.75, 3.05) is 12.4 Å². The minimum absolute atomic E-state index is 0.154. The largest absolute Gasteiger partial charge is 0.497 e. The fourth-order valence-corrected chi connectivity index (χ4v) is 2.84. The Balaban J connectivity index is 1.51. The molecule has 1 heterocycles. The van der Waals surface area contributed by atoms with Gasteiger partial charge in [-0.15, -0.1) is 0 Å². The minimum Gasteiger partial charge on any atom is -0.497 e. The molecule has 0 aliphatic heterocycles. The molecule has 2 amide bonds. The third kappa shape index (κ3) is 5.32. The van der Waals surface area contributed by atoms with Gasteiger partial charge in [-0.1, -0.05) is 16.8 Å². The van der Waals surface area contributed by atoms with Crippen LogP contribution in [0.15, 0.2) is 47.0 Å². The molecule has 2 aromatic carbocycles. The number of benzene rings is 2. The molecule has 0 saturated heterocycles. The van der Waals surface area contributed by atoms with Gasteiger partial charge < -0.3 is 20.3 Å². The summed E-state index contributed by atoms with van der Waals surface area (Å²) in [6.07, 6.45) is 1.23. The van der Waals surface area contributed by atoms with Crippen LogP contribution in [-0.2, 0) is 11.2 Å². The first-order chi connectivity index (χ1) is 14.0. The molecule has 8 nitrogen and oxygen atoms in total. The molecule has 0 radical (unpaired) electrons. The summed E-state index contributed by atoms with van der Waals surface area (Å²) in [7, 11) is 1.60. The monoisotopic (exact) mass is 414 g/mol. The fourth-order valence-electron chi connectivity index (χ4n) is 2.63. The maximum absolute atomic E-state index is 12.1. The number of aromatic nitrogens is 2. The number of methoxy groups -OCH3 is 1. The van der Waals surface area contributed by atoms with Crippen LogP contribution in [0, 0.1) is 0 Å². The number of carbonyl (C=O) groups is 2. The van der Waals surface area contributed by atoms with E-state index in [1.54, 1.807) is 13.2 Å². The molecular formula is C20H19ClN4O4. The lowest BCUT2D eigenvalue weighted by molar-refractivity contribution is -0.116. The lowest BCUT2D eigenvalue weighted by Gasteiger charge is -2.07. The van der Waals surface area contributed by atoms with Gasteiger partial charge in [-0.05, 0) is 48.9 Å². The van der Waals surface area contributed by atoms with Crippen molar-refractivity contribution in [3.63, 3.8) is 0 Å². The number of halogens is 1. The minimum atomic E-state index is -0.657. The van der Waals surface area contributed by atoms with Crippen molar-refractivity contribution in [3.8, 4) is 17.1 Å².